The van der Waals surface area contributed by atoms with Gasteiger partial charge in [0.2, 0.25) is 5.13 Å². The van der Waals surface area contributed by atoms with Gasteiger partial charge in [-0.2, -0.15) is 0 Å². The first-order valence-electron chi connectivity index (χ1n) is 8.21. The molecule has 134 valence electrons. The Morgan fingerprint density at radius 2 is 2.00 bits per heavy atom. The molecule has 1 atom stereocenters. The number of carbonyl (C=O) groups excluding carboxylic acids is 1. The maximum atomic E-state index is 12.4. The van der Waals surface area contributed by atoms with Gasteiger partial charge in [-0.05, 0) is 37.1 Å². The van der Waals surface area contributed by atoms with E-state index in [0.717, 1.165) is 11.3 Å². The molecular weight excluding hydrogens is 366 g/mol. The predicted octanol–water partition coefficient (Wildman–Crippen LogP) is 4.99. The highest BCUT2D eigenvalue weighted by atomic mass is 32.2. The van der Waals surface area contributed by atoms with Crippen molar-refractivity contribution in [3.8, 4) is 0 Å². The minimum Gasteiger partial charge on any atom is -0.465 e. The zero-order valence-corrected chi connectivity index (χ0v) is 16.1. The first kappa shape index (κ1) is 18.4. The second kappa shape index (κ2) is 8.82. The Bertz CT molecular complexity index is 868. The molecule has 1 aromatic heterocycles. The van der Waals surface area contributed by atoms with Crippen LogP contribution in [0.1, 0.15) is 23.3 Å². The van der Waals surface area contributed by atoms with Gasteiger partial charge in [0, 0.05) is 5.69 Å². The van der Waals surface area contributed by atoms with Gasteiger partial charge in [-0.15, -0.1) is 10.2 Å². The molecule has 0 aliphatic rings. The summed E-state index contributed by atoms with van der Waals surface area (Å²) < 4.78 is 5.94. The molecule has 1 heterocycles. The number of nitrogens with zero attached hydrogens (tertiary/aromatic N) is 2. The number of nitrogens with one attached hydrogen (secondary N) is 1. The van der Waals surface area contributed by atoms with Crippen molar-refractivity contribution >= 4 is 39.9 Å². The molecule has 0 saturated heterocycles. The van der Waals surface area contributed by atoms with Gasteiger partial charge in [0.1, 0.15) is 5.25 Å². The normalized spacial score (nSPS) is 11.8. The Morgan fingerprint density at radius 3 is 2.73 bits per heavy atom. The Hall–Kier alpha value is -2.38. The maximum Gasteiger partial charge on any atom is 0.324 e. The zero-order chi connectivity index (χ0) is 18.4. The fourth-order valence-electron chi connectivity index (χ4n) is 2.35. The van der Waals surface area contributed by atoms with E-state index in [2.05, 4.69) is 15.5 Å². The summed E-state index contributed by atoms with van der Waals surface area (Å²) in [6.45, 7) is 4.19. The van der Waals surface area contributed by atoms with Crippen LogP contribution < -0.4 is 5.32 Å². The molecule has 0 radical (unpaired) electrons. The quantitative estimate of drug-likeness (QED) is 0.457. The first-order chi connectivity index (χ1) is 12.7. The summed E-state index contributed by atoms with van der Waals surface area (Å²) >= 11 is 2.77. The molecule has 1 N–H and O–H groups in total. The molecule has 0 spiro atoms. The first-order valence-corrected chi connectivity index (χ1v) is 9.90. The molecule has 0 unspecified atom stereocenters. The van der Waals surface area contributed by atoms with E-state index in [9.17, 15) is 4.79 Å². The molecule has 0 aliphatic heterocycles. The fraction of sp³-hybridized carbons (Fsp3) is 0.211. The van der Waals surface area contributed by atoms with Crippen LogP contribution in [0.3, 0.4) is 0 Å². The minimum atomic E-state index is -0.462. The third-order valence-electron chi connectivity index (χ3n) is 3.50. The zero-order valence-electron chi connectivity index (χ0n) is 14.5. The summed E-state index contributed by atoms with van der Waals surface area (Å²) in [7, 11) is 0. The predicted molar refractivity (Wildman–Crippen MR) is 106 cm³/mol. The molecule has 0 bridgehead atoms. The van der Waals surface area contributed by atoms with Crippen LogP contribution in [-0.2, 0) is 9.53 Å². The van der Waals surface area contributed by atoms with E-state index in [-0.39, 0.29) is 5.97 Å². The van der Waals surface area contributed by atoms with Crippen LogP contribution in [0, 0.1) is 6.92 Å². The monoisotopic (exact) mass is 385 g/mol. The van der Waals surface area contributed by atoms with Crippen molar-refractivity contribution in [3.05, 3.63) is 65.7 Å². The number of aromatic nitrogens is 2. The number of anilines is 2. The second-order valence-corrected chi connectivity index (χ2v) is 7.86. The van der Waals surface area contributed by atoms with Crippen LogP contribution in [0.4, 0.5) is 10.8 Å². The van der Waals surface area contributed by atoms with Crippen LogP contribution in [0.2, 0.25) is 0 Å². The van der Waals surface area contributed by atoms with Crippen LogP contribution >= 0.6 is 23.1 Å². The number of aryl methyl sites for hydroxylation is 1. The molecule has 26 heavy (non-hydrogen) atoms. The smallest absolute Gasteiger partial charge is 0.324 e. The van der Waals surface area contributed by atoms with E-state index in [1.165, 1.54) is 28.7 Å². The van der Waals surface area contributed by atoms with Crippen LogP contribution in [0.15, 0.2) is 58.9 Å². The van der Waals surface area contributed by atoms with Gasteiger partial charge in [-0.3, -0.25) is 4.79 Å². The number of esters is 1. The molecular formula is C19H19N3O2S2. The number of carbonyl (C=O) groups is 1. The van der Waals surface area contributed by atoms with Crippen molar-refractivity contribution < 1.29 is 9.53 Å². The van der Waals surface area contributed by atoms with Gasteiger partial charge in [-0.1, -0.05) is 65.6 Å². The maximum absolute atomic E-state index is 12.4. The van der Waals surface area contributed by atoms with Gasteiger partial charge in [-0.25, -0.2) is 0 Å². The summed E-state index contributed by atoms with van der Waals surface area (Å²) in [5, 5.41) is 11.9. The van der Waals surface area contributed by atoms with Crippen LogP contribution in [0.25, 0.3) is 0 Å². The van der Waals surface area contributed by atoms with Crippen LogP contribution in [-0.4, -0.2) is 22.8 Å². The van der Waals surface area contributed by atoms with E-state index in [1.54, 1.807) is 6.92 Å². The van der Waals surface area contributed by atoms with Crippen molar-refractivity contribution in [2.75, 3.05) is 11.9 Å². The number of hydrogen-bond acceptors (Lipinski definition) is 7. The van der Waals surface area contributed by atoms with Gasteiger partial charge < -0.3 is 10.1 Å². The summed E-state index contributed by atoms with van der Waals surface area (Å²) in [4.78, 5) is 12.4. The van der Waals surface area contributed by atoms with E-state index in [0.29, 0.717) is 16.1 Å². The van der Waals surface area contributed by atoms with E-state index < -0.39 is 5.25 Å². The third kappa shape index (κ3) is 4.83. The van der Waals surface area contributed by atoms with Gasteiger partial charge in [0.05, 0.1) is 6.61 Å². The lowest BCUT2D eigenvalue weighted by molar-refractivity contribution is -0.142. The highest BCUT2D eigenvalue weighted by Gasteiger charge is 2.25. The molecule has 0 aliphatic carbocycles. The topological polar surface area (TPSA) is 64.1 Å². The summed E-state index contributed by atoms with van der Waals surface area (Å²) in [6, 6.07) is 17.6. The molecule has 0 saturated carbocycles. The van der Waals surface area contributed by atoms with Gasteiger partial charge in [0.25, 0.3) is 0 Å². The number of thioether (sulfide) groups is 1. The lowest BCUT2D eigenvalue weighted by Gasteiger charge is -2.13. The molecule has 0 fully saturated rings. The van der Waals surface area contributed by atoms with Crippen molar-refractivity contribution in [2.45, 2.75) is 23.4 Å². The Labute approximate surface area is 160 Å². The molecule has 3 aromatic rings. The number of rotatable bonds is 7. The Balaban J connectivity index is 1.75. The minimum absolute atomic E-state index is 0.271. The average molecular weight is 386 g/mol. The fourth-order valence-corrected chi connectivity index (χ4v) is 4.32. The Morgan fingerprint density at radius 1 is 1.19 bits per heavy atom. The standard InChI is InChI=1S/C19H19N3O2S2/c1-3-24-17(23)16(14-9-5-4-6-10-14)25-19-22-21-18(26-19)20-15-11-7-8-13(2)12-15/h4-12,16H,3H2,1-2H3,(H,20,21)/t16-/m1/s1. The van der Waals surface area contributed by atoms with Crippen molar-refractivity contribution in [3.63, 3.8) is 0 Å². The number of hydrogen-bond donors (Lipinski definition) is 1. The molecule has 5 nitrogen and oxygen atoms in total. The number of ether oxygens (including phenoxy) is 1. The van der Waals surface area contributed by atoms with Gasteiger partial charge >= 0.3 is 5.97 Å². The van der Waals surface area contributed by atoms with Crippen molar-refractivity contribution in [1.82, 2.24) is 10.2 Å². The van der Waals surface area contributed by atoms with Crippen LogP contribution in [0.5, 0.6) is 0 Å². The lowest BCUT2D eigenvalue weighted by atomic mass is 10.1. The largest absolute Gasteiger partial charge is 0.465 e. The van der Waals surface area contributed by atoms with E-state index >= 15 is 0 Å². The highest BCUT2D eigenvalue weighted by molar-refractivity contribution is 8.01. The summed E-state index contributed by atoms with van der Waals surface area (Å²) in [6.07, 6.45) is 0. The average Bonchev–Trinajstić information content (AvgIpc) is 3.07. The molecule has 7 heteroatoms. The van der Waals surface area contributed by atoms with Crippen molar-refractivity contribution in [2.24, 2.45) is 0 Å². The SMILES string of the molecule is CCOC(=O)[C@H](Sc1nnc(Nc2cccc(C)c2)s1)c1ccccc1. The van der Waals surface area contributed by atoms with Crippen molar-refractivity contribution in [1.29, 1.82) is 0 Å². The second-order valence-electron chi connectivity index (χ2n) is 5.53. The van der Waals surface area contributed by atoms with E-state index in [4.69, 9.17) is 4.74 Å². The van der Waals surface area contributed by atoms with E-state index in [1.807, 2.05) is 61.5 Å². The summed E-state index contributed by atoms with van der Waals surface area (Å²) in [5.74, 6) is -0.271. The lowest BCUT2D eigenvalue weighted by Crippen LogP contribution is -2.13. The third-order valence-corrected chi connectivity index (χ3v) is 5.65. The van der Waals surface area contributed by atoms with Gasteiger partial charge in [0.15, 0.2) is 4.34 Å². The molecule has 3 rings (SSSR count). The molecule has 2 aromatic carbocycles. The Kier molecular flexibility index (Phi) is 6.25. The number of benzene rings is 2. The molecule has 0 amide bonds. The highest BCUT2D eigenvalue weighted by Crippen LogP contribution is 2.39. The summed E-state index contributed by atoms with van der Waals surface area (Å²) in [5.41, 5.74) is 3.02.